The van der Waals surface area contributed by atoms with Crippen molar-refractivity contribution >= 4 is 11.3 Å². The Balaban J connectivity index is 1.79. The third-order valence-electron chi connectivity index (χ3n) is 4.13. The highest BCUT2D eigenvalue weighted by Crippen LogP contribution is 2.21. The van der Waals surface area contributed by atoms with Crippen molar-refractivity contribution in [2.45, 2.75) is 77.4 Å². The van der Waals surface area contributed by atoms with E-state index in [1.54, 1.807) is 0 Å². The Hall–Kier alpha value is -0.450. The van der Waals surface area contributed by atoms with Crippen LogP contribution in [0.15, 0.2) is 6.20 Å². The van der Waals surface area contributed by atoms with E-state index in [9.17, 15) is 0 Å². The number of nitrogens with one attached hydrogen (secondary N) is 2. The predicted molar refractivity (Wildman–Crippen MR) is 87.4 cm³/mol. The first kappa shape index (κ1) is 15.9. The SMILES string of the molecule is CCc1cnc(C(C)NC(C)CC2CCCCCN2)s1. The lowest BCUT2D eigenvalue weighted by molar-refractivity contribution is 0.380. The quantitative estimate of drug-likeness (QED) is 0.841. The molecule has 20 heavy (non-hydrogen) atoms. The highest BCUT2D eigenvalue weighted by atomic mass is 32.1. The minimum Gasteiger partial charge on any atom is -0.314 e. The summed E-state index contributed by atoms with van der Waals surface area (Å²) < 4.78 is 0. The van der Waals surface area contributed by atoms with E-state index in [4.69, 9.17) is 0 Å². The van der Waals surface area contributed by atoms with Gasteiger partial charge < -0.3 is 10.6 Å². The van der Waals surface area contributed by atoms with Gasteiger partial charge >= 0.3 is 0 Å². The molecule has 3 atom stereocenters. The van der Waals surface area contributed by atoms with Gasteiger partial charge in [-0.15, -0.1) is 11.3 Å². The summed E-state index contributed by atoms with van der Waals surface area (Å²) in [5.74, 6) is 0. The van der Waals surface area contributed by atoms with Gasteiger partial charge in [-0.2, -0.15) is 0 Å². The van der Waals surface area contributed by atoms with Crippen LogP contribution in [0.25, 0.3) is 0 Å². The smallest absolute Gasteiger partial charge is 0.109 e. The molecule has 0 spiro atoms. The lowest BCUT2D eigenvalue weighted by Crippen LogP contribution is -2.37. The van der Waals surface area contributed by atoms with E-state index in [-0.39, 0.29) is 0 Å². The summed E-state index contributed by atoms with van der Waals surface area (Å²) in [5.41, 5.74) is 0. The summed E-state index contributed by atoms with van der Waals surface area (Å²) in [7, 11) is 0. The molecule has 1 aliphatic rings. The fourth-order valence-corrected chi connectivity index (χ4v) is 3.85. The maximum absolute atomic E-state index is 4.54. The lowest BCUT2D eigenvalue weighted by Gasteiger charge is -2.23. The lowest BCUT2D eigenvalue weighted by atomic mass is 10.0. The summed E-state index contributed by atoms with van der Waals surface area (Å²) in [5, 5.41) is 8.62. The summed E-state index contributed by atoms with van der Waals surface area (Å²) in [6, 6.07) is 1.59. The molecule has 0 radical (unpaired) electrons. The predicted octanol–water partition coefficient (Wildman–Crippen LogP) is 3.67. The van der Waals surface area contributed by atoms with Crippen molar-refractivity contribution in [3.8, 4) is 0 Å². The van der Waals surface area contributed by atoms with Crippen molar-refractivity contribution < 1.29 is 0 Å². The minimum absolute atomic E-state index is 0.362. The number of aryl methyl sites for hydroxylation is 1. The molecule has 0 aromatic carbocycles. The van der Waals surface area contributed by atoms with Gasteiger partial charge in [-0.3, -0.25) is 0 Å². The monoisotopic (exact) mass is 295 g/mol. The minimum atomic E-state index is 0.362. The number of hydrogen-bond acceptors (Lipinski definition) is 4. The summed E-state index contributed by atoms with van der Waals surface area (Å²) in [6.07, 6.45) is 9.77. The van der Waals surface area contributed by atoms with E-state index < -0.39 is 0 Å². The Bertz CT molecular complexity index is 383. The van der Waals surface area contributed by atoms with Gasteiger partial charge in [0.1, 0.15) is 5.01 Å². The zero-order valence-electron chi connectivity index (χ0n) is 13.1. The molecule has 1 aromatic rings. The number of nitrogens with zero attached hydrogens (tertiary/aromatic N) is 1. The molecule has 1 aromatic heterocycles. The van der Waals surface area contributed by atoms with Crippen molar-refractivity contribution in [3.05, 3.63) is 16.1 Å². The summed E-state index contributed by atoms with van der Waals surface area (Å²) in [4.78, 5) is 5.92. The standard InChI is InChI=1S/C16H29N3S/c1-4-15-11-18-16(20-15)13(3)19-12(2)10-14-8-6-5-7-9-17-14/h11-14,17,19H,4-10H2,1-3H3. The van der Waals surface area contributed by atoms with Gasteiger partial charge in [0.2, 0.25) is 0 Å². The van der Waals surface area contributed by atoms with Crippen LogP contribution < -0.4 is 10.6 Å². The topological polar surface area (TPSA) is 37.0 Å². The van der Waals surface area contributed by atoms with Gasteiger partial charge in [0.05, 0.1) is 6.04 Å². The number of thiazole rings is 1. The molecule has 114 valence electrons. The van der Waals surface area contributed by atoms with Gasteiger partial charge in [-0.25, -0.2) is 4.98 Å². The van der Waals surface area contributed by atoms with Crippen LogP contribution in [0, 0.1) is 0 Å². The highest BCUT2D eigenvalue weighted by molar-refractivity contribution is 7.11. The molecule has 0 saturated carbocycles. The molecule has 3 nitrogen and oxygen atoms in total. The van der Waals surface area contributed by atoms with E-state index in [0.29, 0.717) is 18.1 Å². The molecule has 0 bridgehead atoms. The van der Waals surface area contributed by atoms with Crippen LogP contribution in [0.3, 0.4) is 0 Å². The molecule has 2 rings (SSSR count). The molecule has 0 aliphatic carbocycles. The van der Waals surface area contributed by atoms with Gasteiger partial charge in [-0.05, 0) is 46.1 Å². The first-order chi connectivity index (χ1) is 9.69. The van der Waals surface area contributed by atoms with E-state index in [0.717, 1.165) is 6.42 Å². The third-order valence-corrected chi connectivity index (χ3v) is 5.45. The zero-order chi connectivity index (χ0) is 14.4. The van der Waals surface area contributed by atoms with Crippen LogP contribution in [0.2, 0.25) is 0 Å². The van der Waals surface area contributed by atoms with E-state index in [1.165, 1.54) is 48.5 Å². The van der Waals surface area contributed by atoms with E-state index in [2.05, 4.69) is 36.4 Å². The molecule has 1 fully saturated rings. The first-order valence-corrected chi connectivity index (χ1v) is 8.94. The number of hydrogen-bond donors (Lipinski definition) is 2. The van der Waals surface area contributed by atoms with Gasteiger partial charge in [0.15, 0.2) is 0 Å². The molecule has 4 heteroatoms. The van der Waals surface area contributed by atoms with Crippen LogP contribution >= 0.6 is 11.3 Å². The number of aromatic nitrogens is 1. The molecular formula is C16H29N3S. The molecule has 3 unspecified atom stereocenters. The van der Waals surface area contributed by atoms with Crippen molar-refractivity contribution in [2.24, 2.45) is 0 Å². The fraction of sp³-hybridized carbons (Fsp3) is 0.812. The van der Waals surface area contributed by atoms with Crippen LogP contribution in [0.1, 0.15) is 68.8 Å². The molecule has 2 heterocycles. The molecular weight excluding hydrogens is 266 g/mol. The molecule has 0 amide bonds. The zero-order valence-corrected chi connectivity index (χ0v) is 13.9. The first-order valence-electron chi connectivity index (χ1n) is 8.13. The third kappa shape index (κ3) is 4.83. The Morgan fingerprint density at radius 2 is 2.25 bits per heavy atom. The van der Waals surface area contributed by atoms with Crippen molar-refractivity contribution in [1.29, 1.82) is 0 Å². The van der Waals surface area contributed by atoms with E-state index in [1.807, 2.05) is 17.5 Å². The van der Waals surface area contributed by atoms with Crippen LogP contribution in [-0.2, 0) is 6.42 Å². The van der Waals surface area contributed by atoms with Gasteiger partial charge in [0.25, 0.3) is 0 Å². The Morgan fingerprint density at radius 1 is 1.40 bits per heavy atom. The normalized spacial score (nSPS) is 23.2. The maximum Gasteiger partial charge on any atom is 0.109 e. The van der Waals surface area contributed by atoms with Crippen molar-refractivity contribution in [1.82, 2.24) is 15.6 Å². The Labute approximate surface area is 127 Å². The second-order valence-corrected chi connectivity index (χ2v) is 7.19. The van der Waals surface area contributed by atoms with Gasteiger partial charge in [0, 0.05) is 23.2 Å². The highest BCUT2D eigenvalue weighted by Gasteiger charge is 2.17. The van der Waals surface area contributed by atoms with Crippen molar-refractivity contribution in [3.63, 3.8) is 0 Å². The average Bonchev–Trinajstić information content (AvgIpc) is 2.78. The average molecular weight is 295 g/mol. The van der Waals surface area contributed by atoms with Crippen LogP contribution in [0.5, 0.6) is 0 Å². The maximum atomic E-state index is 4.54. The fourth-order valence-electron chi connectivity index (χ4n) is 2.98. The Morgan fingerprint density at radius 3 is 3.00 bits per heavy atom. The summed E-state index contributed by atoms with van der Waals surface area (Å²) in [6.45, 7) is 7.92. The van der Waals surface area contributed by atoms with Gasteiger partial charge in [-0.1, -0.05) is 19.8 Å². The van der Waals surface area contributed by atoms with Crippen LogP contribution in [-0.4, -0.2) is 23.6 Å². The largest absolute Gasteiger partial charge is 0.314 e. The number of rotatable bonds is 6. The summed E-state index contributed by atoms with van der Waals surface area (Å²) >= 11 is 1.84. The molecule has 1 saturated heterocycles. The molecule has 1 aliphatic heterocycles. The molecule has 2 N–H and O–H groups in total. The van der Waals surface area contributed by atoms with Crippen LogP contribution in [0.4, 0.5) is 0 Å². The second kappa shape index (κ2) is 8.11. The van der Waals surface area contributed by atoms with E-state index >= 15 is 0 Å². The Kier molecular flexibility index (Phi) is 6.46. The van der Waals surface area contributed by atoms with Crippen molar-refractivity contribution in [2.75, 3.05) is 6.54 Å². The second-order valence-electron chi connectivity index (χ2n) is 6.04.